The van der Waals surface area contributed by atoms with E-state index in [4.69, 9.17) is 0 Å². The van der Waals surface area contributed by atoms with Crippen molar-refractivity contribution in [1.82, 2.24) is 5.32 Å². The smallest absolute Gasteiger partial charge is 0.293 e. The fourth-order valence-corrected chi connectivity index (χ4v) is 1.93. The van der Waals surface area contributed by atoms with Gasteiger partial charge in [0, 0.05) is 24.1 Å². The van der Waals surface area contributed by atoms with E-state index in [0.29, 0.717) is 5.69 Å². The van der Waals surface area contributed by atoms with E-state index in [1.54, 1.807) is 6.07 Å². The van der Waals surface area contributed by atoms with Gasteiger partial charge in [-0.15, -0.1) is 0 Å². The minimum atomic E-state index is -0.353. The van der Waals surface area contributed by atoms with Crippen LogP contribution in [0, 0.1) is 10.1 Å². The first kappa shape index (κ1) is 13.9. The van der Waals surface area contributed by atoms with Gasteiger partial charge in [-0.3, -0.25) is 10.1 Å². The zero-order chi connectivity index (χ0) is 12.8. The quantitative estimate of drug-likeness (QED) is 0.498. The first-order valence-electron chi connectivity index (χ1n) is 5.36. The molecule has 5 nitrogen and oxygen atoms in total. The number of nitro groups is 1. The van der Waals surface area contributed by atoms with Gasteiger partial charge in [-0.05, 0) is 32.1 Å². The molecule has 0 radical (unpaired) electrons. The summed E-state index contributed by atoms with van der Waals surface area (Å²) in [5, 5.41) is 14.0. The van der Waals surface area contributed by atoms with E-state index in [1.165, 1.54) is 6.07 Å². The van der Waals surface area contributed by atoms with E-state index in [-0.39, 0.29) is 10.6 Å². The zero-order valence-electron chi connectivity index (χ0n) is 9.94. The lowest BCUT2D eigenvalue weighted by atomic mass is 10.2. The van der Waals surface area contributed by atoms with Crippen molar-refractivity contribution in [2.24, 2.45) is 0 Å². The van der Waals surface area contributed by atoms with Crippen LogP contribution in [0.5, 0.6) is 0 Å². The largest absolute Gasteiger partial charge is 0.369 e. The summed E-state index contributed by atoms with van der Waals surface area (Å²) in [6.45, 7) is 1.68. The van der Waals surface area contributed by atoms with Gasteiger partial charge in [-0.1, -0.05) is 15.9 Å². The summed E-state index contributed by atoms with van der Waals surface area (Å²) >= 11 is 3.24. The molecule has 0 fully saturated rings. The third-order valence-corrected chi connectivity index (χ3v) is 2.96. The first-order chi connectivity index (χ1) is 8.06. The fourth-order valence-electron chi connectivity index (χ4n) is 1.58. The second-order valence-electron chi connectivity index (χ2n) is 3.77. The Morgan fingerprint density at radius 1 is 1.53 bits per heavy atom. The van der Waals surface area contributed by atoms with Crippen LogP contribution in [-0.4, -0.2) is 32.1 Å². The van der Waals surface area contributed by atoms with E-state index in [0.717, 1.165) is 24.0 Å². The lowest BCUT2D eigenvalue weighted by Crippen LogP contribution is -2.22. The van der Waals surface area contributed by atoms with Gasteiger partial charge in [-0.25, -0.2) is 0 Å². The highest BCUT2D eigenvalue weighted by Gasteiger charge is 2.16. The summed E-state index contributed by atoms with van der Waals surface area (Å²) < 4.78 is 0.719. The summed E-state index contributed by atoms with van der Waals surface area (Å²) in [4.78, 5) is 12.5. The highest BCUT2D eigenvalue weighted by molar-refractivity contribution is 9.10. The molecule has 1 aromatic carbocycles. The van der Waals surface area contributed by atoms with Gasteiger partial charge >= 0.3 is 0 Å². The molecular weight excluding hydrogens is 286 g/mol. The molecule has 0 atom stereocenters. The van der Waals surface area contributed by atoms with Crippen LogP contribution in [-0.2, 0) is 0 Å². The van der Waals surface area contributed by atoms with Gasteiger partial charge in [-0.2, -0.15) is 0 Å². The second kappa shape index (κ2) is 6.56. The molecule has 0 aliphatic heterocycles. The second-order valence-corrected chi connectivity index (χ2v) is 4.68. The van der Waals surface area contributed by atoms with Crippen molar-refractivity contribution < 1.29 is 4.92 Å². The summed E-state index contributed by atoms with van der Waals surface area (Å²) in [5.74, 6) is 0. The van der Waals surface area contributed by atoms with Crippen LogP contribution in [0.15, 0.2) is 22.7 Å². The third kappa shape index (κ3) is 3.98. The molecule has 0 amide bonds. The van der Waals surface area contributed by atoms with Crippen molar-refractivity contribution in [3.63, 3.8) is 0 Å². The Balaban J connectivity index is 2.84. The minimum Gasteiger partial charge on any atom is -0.369 e. The van der Waals surface area contributed by atoms with E-state index in [9.17, 15) is 10.1 Å². The number of hydrogen-bond acceptors (Lipinski definition) is 4. The minimum absolute atomic E-state index is 0.131. The average Bonchev–Trinajstić information content (AvgIpc) is 2.29. The molecule has 0 aliphatic rings. The summed E-state index contributed by atoms with van der Waals surface area (Å²) in [6.07, 6.45) is 0.945. The molecular formula is C11H16BrN3O2. The molecule has 0 saturated carbocycles. The van der Waals surface area contributed by atoms with Crippen LogP contribution in [0.1, 0.15) is 6.42 Å². The van der Waals surface area contributed by atoms with Crippen molar-refractivity contribution in [3.8, 4) is 0 Å². The van der Waals surface area contributed by atoms with Gasteiger partial charge in [0.25, 0.3) is 5.69 Å². The number of nitro benzene ring substituents is 1. The number of nitrogens with zero attached hydrogens (tertiary/aromatic N) is 2. The average molecular weight is 302 g/mol. The fraction of sp³-hybridized carbons (Fsp3) is 0.455. The molecule has 17 heavy (non-hydrogen) atoms. The number of nitrogens with one attached hydrogen (secondary N) is 1. The molecule has 1 aromatic rings. The first-order valence-corrected chi connectivity index (χ1v) is 6.15. The van der Waals surface area contributed by atoms with Crippen LogP contribution in [0.25, 0.3) is 0 Å². The maximum absolute atomic E-state index is 11.0. The maximum Gasteiger partial charge on any atom is 0.293 e. The molecule has 94 valence electrons. The molecule has 0 bridgehead atoms. The number of benzene rings is 1. The van der Waals surface area contributed by atoms with Crippen molar-refractivity contribution in [2.75, 3.05) is 32.1 Å². The van der Waals surface area contributed by atoms with Crippen LogP contribution >= 0.6 is 15.9 Å². The standard InChI is InChI=1S/C11H16BrN3O2/c1-13-6-3-7-14(2)10-5-4-9(12)8-11(10)15(16)17/h4-5,8,13H,3,6-7H2,1-2H3. The molecule has 0 saturated heterocycles. The maximum atomic E-state index is 11.0. The van der Waals surface area contributed by atoms with E-state index in [2.05, 4.69) is 21.2 Å². The Morgan fingerprint density at radius 2 is 2.24 bits per heavy atom. The van der Waals surface area contributed by atoms with Crippen LogP contribution in [0.4, 0.5) is 11.4 Å². The monoisotopic (exact) mass is 301 g/mol. The van der Waals surface area contributed by atoms with E-state index in [1.807, 2.05) is 25.1 Å². The predicted molar refractivity (Wildman–Crippen MR) is 72.6 cm³/mol. The summed E-state index contributed by atoms with van der Waals surface area (Å²) in [5.41, 5.74) is 0.778. The predicted octanol–water partition coefficient (Wildman–Crippen LogP) is 2.40. The summed E-state index contributed by atoms with van der Waals surface area (Å²) in [7, 11) is 3.76. The van der Waals surface area contributed by atoms with Crippen molar-refractivity contribution >= 4 is 27.3 Å². The molecule has 0 aliphatic carbocycles. The molecule has 6 heteroatoms. The topological polar surface area (TPSA) is 58.4 Å². The Bertz CT molecular complexity index is 398. The highest BCUT2D eigenvalue weighted by atomic mass is 79.9. The molecule has 0 spiro atoms. The van der Waals surface area contributed by atoms with Crippen LogP contribution < -0.4 is 10.2 Å². The van der Waals surface area contributed by atoms with Crippen molar-refractivity contribution in [2.45, 2.75) is 6.42 Å². The molecule has 1 rings (SSSR count). The lowest BCUT2D eigenvalue weighted by molar-refractivity contribution is -0.384. The molecule has 1 N–H and O–H groups in total. The normalized spacial score (nSPS) is 10.3. The van der Waals surface area contributed by atoms with Gasteiger partial charge in [0.2, 0.25) is 0 Å². The van der Waals surface area contributed by atoms with Gasteiger partial charge in [0.1, 0.15) is 5.69 Å². The van der Waals surface area contributed by atoms with Crippen LogP contribution in [0.3, 0.4) is 0 Å². The van der Waals surface area contributed by atoms with Crippen LogP contribution in [0.2, 0.25) is 0 Å². The van der Waals surface area contributed by atoms with E-state index < -0.39 is 0 Å². The highest BCUT2D eigenvalue weighted by Crippen LogP contribution is 2.30. The Morgan fingerprint density at radius 3 is 2.82 bits per heavy atom. The third-order valence-electron chi connectivity index (χ3n) is 2.47. The Hall–Kier alpha value is -1.14. The van der Waals surface area contributed by atoms with Crippen molar-refractivity contribution in [3.05, 3.63) is 32.8 Å². The van der Waals surface area contributed by atoms with Gasteiger partial charge < -0.3 is 10.2 Å². The molecule has 0 heterocycles. The number of hydrogen-bond donors (Lipinski definition) is 1. The Kier molecular flexibility index (Phi) is 5.37. The number of anilines is 1. The molecule has 0 unspecified atom stereocenters. The number of halogens is 1. The van der Waals surface area contributed by atoms with Gasteiger partial charge in [0.15, 0.2) is 0 Å². The van der Waals surface area contributed by atoms with Gasteiger partial charge in [0.05, 0.1) is 4.92 Å². The van der Waals surface area contributed by atoms with E-state index >= 15 is 0 Å². The SMILES string of the molecule is CNCCCN(C)c1ccc(Br)cc1[N+](=O)[O-]. The lowest BCUT2D eigenvalue weighted by Gasteiger charge is -2.19. The zero-order valence-corrected chi connectivity index (χ0v) is 11.5. The number of rotatable bonds is 6. The Labute approximate surface area is 109 Å². The van der Waals surface area contributed by atoms with Crippen molar-refractivity contribution in [1.29, 1.82) is 0 Å². The molecule has 0 aromatic heterocycles. The summed E-state index contributed by atoms with van der Waals surface area (Å²) in [6, 6.07) is 5.11.